The predicted molar refractivity (Wildman–Crippen MR) is 88.2 cm³/mol. The number of allylic oxidation sites excluding steroid dienone is 1. The van der Waals surface area contributed by atoms with Gasteiger partial charge in [0.05, 0.1) is 11.6 Å². The zero-order valence-electron chi connectivity index (χ0n) is 14.1. The molecule has 1 N–H and O–H groups in total. The van der Waals surface area contributed by atoms with E-state index in [-0.39, 0.29) is 5.60 Å². The quantitative estimate of drug-likeness (QED) is 0.643. The predicted octanol–water partition coefficient (Wildman–Crippen LogP) is 4.84. The molecule has 0 bridgehead atoms. The minimum Gasteiger partial charge on any atom is -0.374 e. The fourth-order valence-corrected chi connectivity index (χ4v) is 3.23. The van der Waals surface area contributed by atoms with Crippen molar-refractivity contribution in [3.8, 4) is 0 Å². The Kier molecular flexibility index (Phi) is 8.47. The smallest absolute Gasteiger partial charge is 0.0842 e. The Morgan fingerprint density at radius 2 is 1.95 bits per heavy atom. The van der Waals surface area contributed by atoms with E-state index < -0.39 is 0 Å². The number of ether oxygens (including phenoxy) is 1. The Morgan fingerprint density at radius 3 is 2.60 bits per heavy atom. The Morgan fingerprint density at radius 1 is 1.20 bits per heavy atom. The first-order valence-corrected chi connectivity index (χ1v) is 8.74. The first-order chi connectivity index (χ1) is 9.68. The van der Waals surface area contributed by atoms with Crippen molar-refractivity contribution in [2.75, 3.05) is 13.2 Å². The molecule has 2 unspecified atom stereocenters. The van der Waals surface area contributed by atoms with Gasteiger partial charge in [0, 0.05) is 6.61 Å². The van der Waals surface area contributed by atoms with E-state index in [1.807, 2.05) is 0 Å². The molecule has 0 aromatic rings. The summed E-state index contributed by atoms with van der Waals surface area (Å²) < 4.78 is 6.16. The average molecular weight is 281 g/mol. The molecule has 0 aliphatic heterocycles. The molecule has 20 heavy (non-hydrogen) atoms. The molecule has 0 fully saturated rings. The van der Waals surface area contributed by atoms with Gasteiger partial charge in [-0.3, -0.25) is 0 Å². The number of hydrogen-bond acceptors (Lipinski definition) is 2. The van der Waals surface area contributed by atoms with Crippen LogP contribution in [-0.4, -0.2) is 24.8 Å². The van der Waals surface area contributed by atoms with Crippen LogP contribution in [0.15, 0.2) is 11.6 Å². The van der Waals surface area contributed by atoms with Crippen molar-refractivity contribution in [1.82, 2.24) is 5.32 Å². The van der Waals surface area contributed by atoms with E-state index in [1.165, 1.54) is 44.9 Å². The minimum atomic E-state index is -0.0745. The molecular weight excluding hydrogens is 246 g/mol. The zero-order valence-corrected chi connectivity index (χ0v) is 14.1. The molecule has 2 atom stereocenters. The highest BCUT2D eigenvalue weighted by atomic mass is 16.5. The van der Waals surface area contributed by atoms with Crippen LogP contribution in [0.3, 0.4) is 0 Å². The standard InChI is InChI=1S/C18H35NO/c1-5-15-19-17(18(4,6-2)20-7-3)16-13-11-9-8-10-12-14-16/h13,17,19H,5-12,14-15H2,1-4H3. The van der Waals surface area contributed by atoms with Crippen molar-refractivity contribution < 1.29 is 4.74 Å². The van der Waals surface area contributed by atoms with Gasteiger partial charge in [0.25, 0.3) is 0 Å². The summed E-state index contributed by atoms with van der Waals surface area (Å²) in [5.74, 6) is 0. The van der Waals surface area contributed by atoms with Crippen LogP contribution in [0.5, 0.6) is 0 Å². The van der Waals surface area contributed by atoms with Gasteiger partial charge in [-0.1, -0.05) is 38.3 Å². The lowest BCUT2D eigenvalue weighted by Gasteiger charge is -2.39. The van der Waals surface area contributed by atoms with E-state index in [2.05, 4.69) is 39.1 Å². The van der Waals surface area contributed by atoms with Gasteiger partial charge < -0.3 is 10.1 Å². The Balaban J connectivity index is 2.89. The summed E-state index contributed by atoms with van der Waals surface area (Å²) in [7, 11) is 0. The summed E-state index contributed by atoms with van der Waals surface area (Å²) >= 11 is 0. The van der Waals surface area contributed by atoms with Crippen LogP contribution in [0, 0.1) is 0 Å². The lowest BCUT2D eigenvalue weighted by molar-refractivity contribution is -0.0472. The SMILES string of the molecule is CCCNC(C1=CCCCCCC1)C(C)(CC)OCC. The molecule has 1 rings (SSSR count). The summed E-state index contributed by atoms with van der Waals surface area (Å²) in [4.78, 5) is 0. The van der Waals surface area contributed by atoms with Crippen LogP contribution in [0.1, 0.15) is 79.1 Å². The molecule has 0 heterocycles. The highest BCUT2D eigenvalue weighted by Crippen LogP contribution is 2.30. The van der Waals surface area contributed by atoms with Gasteiger partial charge in [0.2, 0.25) is 0 Å². The summed E-state index contributed by atoms with van der Waals surface area (Å²) in [5, 5.41) is 3.77. The number of hydrogen-bond donors (Lipinski definition) is 1. The number of rotatable bonds is 8. The third-order valence-corrected chi connectivity index (χ3v) is 4.58. The van der Waals surface area contributed by atoms with Gasteiger partial charge in [-0.25, -0.2) is 0 Å². The summed E-state index contributed by atoms with van der Waals surface area (Å²) in [5.41, 5.74) is 1.52. The zero-order chi connectivity index (χ0) is 14.8. The van der Waals surface area contributed by atoms with Crippen LogP contribution < -0.4 is 5.32 Å². The Labute approximate surface area is 126 Å². The molecule has 2 nitrogen and oxygen atoms in total. The highest BCUT2D eigenvalue weighted by molar-refractivity contribution is 5.17. The summed E-state index contributed by atoms with van der Waals surface area (Å²) in [6, 6.07) is 0.380. The van der Waals surface area contributed by atoms with Gasteiger partial charge >= 0.3 is 0 Å². The molecule has 0 radical (unpaired) electrons. The van der Waals surface area contributed by atoms with Crippen LogP contribution >= 0.6 is 0 Å². The first-order valence-electron chi connectivity index (χ1n) is 8.74. The molecule has 0 amide bonds. The molecule has 0 saturated carbocycles. The molecule has 118 valence electrons. The van der Waals surface area contributed by atoms with Gasteiger partial charge in [-0.05, 0) is 58.9 Å². The Hall–Kier alpha value is -0.340. The summed E-state index contributed by atoms with van der Waals surface area (Å²) in [6.45, 7) is 10.7. The third-order valence-electron chi connectivity index (χ3n) is 4.58. The van der Waals surface area contributed by atoms with Gasteiger partial charge in [-0.15, -0.1) is 0 Å². The molecule has 1 aliphatic rings. The minimum absolute atomic E-state index is 0.0745. The highest BCUT2D eigenvalue weighted by Gasteiger charge is 2.35. The van der Waals surface area contributed by atoms with Crippen LogP contribution in [0.4, 0.5) is 0 Å². The summed E-state index contributed by atoms with van der Waals surface area (Å²) in [6.07, 6.45) is 12.7. The Bertz CT molecular complexity index is 287. The maximum atomic E-state index is 6.16. The number of nitrogens with one attached hydrogen (secondary N) is 1. The van der Waals surface area contributed by atoms with E-state index >= 15 is 0 Å². The van der Waals surface area contributed by atoms with Crippen molar-refractivity contribution >= 4 is 0 Å². The van der Waals surface area contributed by atoms with Gasteiger partial charge in [-0.2, -0.15) is 0 Å². The van der Waals surface area contributed by atoms with Gasteiger partial charge in [0.15, 0.2) is 0 Å². The van der Waals surface area contributed by atoms with Crippen molar-refractivity contribution in [3.63, 3.8) is 0 Å². The van der Waals surface area contributed by atoms with E-state index in [1.54, 1.807) is 5.57 Å². The van der Waals surface area contributed by atoms with Crippen LogP contribution in [0.2, 0.25) is 0 Å². The molecule has 0 saturated heterocycles. The van der Waals surface area contributed by atoms with E-state index in [9.17, 15) is 0 Å². The lowest BCUT2D eigenvalue weighted by Crippen LogP contribution is -2.51. The van der Waals surface area contributed by atoms with Crippen LogP contribution in [-0.2, 0) is 4.74 Å². The second-order valence-electron chi connectivity index (χ2n) is 6.22. The fourth-order valence-electron chi connectivity index (χ4n) is 3.23. The van der Waals surface area contributed by atoms with Crippen molar-refractivity contribution in [2.45, 2.75) is 90.7 Å². The van der Waals surface area contributed by atoms with Crippen molar-refractivity contribution in [3.05, 3.63) is 11.6 Å². The van der Waals surface area contributed by atoms with E-state index in [0.717, 1.165) is 19.6 Å². The topological polar surface area (TPSA) is 21.3 Å². The fraction of sp³-hybridized carbons (Fsp3) is 0.889. The molecule has 0 aromatic carbocycles. The van der Waals surface area contributed by atoms with Crippen molar-refractivity contribution in [2.24, 2.45) is 0 Å². The maximum Gasteiger partial charge on any atom is 0.0842 e. The maximum absolute atomic E-state index is 6.16. The largest absolute Gasteiger partial charge is 0.374 e. The first kappa shape index (κ1) is 17.7. The molecule has 2 heteroatoms. The lowest BCUT2D eigenvalue weighted by atomic mass is 9.83. The second-order valence-corrected chi connectivity index (χ2v) is 6.22. The van der Waals surface area contributed by atoms with E-state index in [0.29, 0.717) is 6.04 Å². The third kappa shape index (κ3) is 5.21. The second kappa shape index (κ2) is 9.57. The molecule has 0 spiro atoms. The molecular formula is C18H35NO. The average Bonchev–Trinajstić information content (AvgIpc) is 2.41. The normalized spacial score (nSPS) is 21.5. The molecule has 0 aromatic heterocycles. The van der Waals surface area contributed by atoms with Crippen LogP contribution in [0.25, 0.3) is 0 Å². The van der Waals surface area contributed by atoms with Gasteiger partial charge in [0.1, 0.15) is 0 Å². The van der Waals surface area contributed by atoms with Crippen molar-refractivity contribution in [1.29, 1.82) is 0 Å². The monoisotopic (exact) mass is 281 g/mol. The van der Waals surface area contributed by atoms with E-state index in [4.69, 9.17) is 4.74 Å². The molecule has 1 aliphatic carbocycles.